The molecule has 3 atom stereocenters. The highest BCUT2D eigenvalue weighted by atomic mass is 31.2. The number of likely N-dealkylation sites (N-methyl/N-ethyl adjacent to an activating group) is 1. The van der Waals surface area contributed by atoms with Crippen LogP contribution in [0, 0.1) is 0 Å². The zero-order valence-corrected chi connectivity index (χ0v) is 38.5. The molecule has 1 amide bonds. The summed E-state index contributed by atoms with van der Waals surface area (Å²) in [6.07, 6.45) is 46.8. The summed E-state index contributed by atoms with van der Waals surface area (Å²) in [4.78, 5) is 23.1. The van der Waals surface area contributed by atoms with Crippen molar-refractivity contribution < 1.29 is 32.9 Å². The number of aliphatic hydroxyl groups excluding tert-OH is 1. The maximum absolute atomic E-state index is 12.9. The van der Waals surface area contributed by atoms with Gasteiger partial charge in [-0.15, -0.1) is 0 Å². The number of unbranched alkanes of at least 4 members (excludes halogenated alkanes) is 28. The van der Waals surface area contributed by atoms with Gasteiger partial charge < -0.3 is 19.8 Å². The molecule has 0 heterocycles. The van der Waals surface area contributed by atoms with Gasteiger partial charge in [0.25, 0.3) is 0 Å². The molecule has 0 aliphatic heterocycles. The van der Waals surface area contributed by atoms with Crippen LogP contribution < -0.4 is 5.32 Å². The second-order valence-corrected chi connectivity index (χ2v) is 18.9. The zero-order valence-electron chi connectivity index (χ0n) is 37.6. The SMILES string of the molecule is CCCCCCCCCCCCC/C=C/CC/C=C/C(O)C(COP(=O)(O)OCC[N+](C)(C)C)NC(=O)CCCCCCCCCCCCCCCCCCC. The predicted molar refractivity (Wildman–Crippen MR) is 240 cm³/mol. The van der Waals surface area contributed by atoms with Gasteiger partial charge in [-0.25, -0.2) is 4.57 Å². The molecule has 56 heavy (non-hydrogen) atoms. The van der Waals surface area contributed by atoms with Gasteiger partial charge >= 0.3 is 7.82 Å². The van der Waals surface area contributed by atoms with Gasteiger partial charge in [0, 0.05) is 6.42 Å². The summed E-state index contributed by atoms with van der Waals surface area (Å²) in [5.74, 6) is -0.184. The van der Waals surface area contributed by atoms with Crippen LogP contribution >= 0.6 is 7.82 Å². The normalized spacial score (nSPS) is 14.5. The number of nitrogens with zero attached hydrogens (tertiary/aromatic N) is 1. The molecule has 0 saturated heterocycles. The Balaban J connectivity index is 4.41. The van der Waals surface area contributed by atoms with Gasteiger partial charge in [0.1, 0.15) is 13.2 Å². The molecular formula is C47H94N2O6P+. The highest BCUT2D eigenvalue weighted by molar-refractivity contribution is 7.47. The minimum Gasteiger partial charge on any atom is -0.387 e. The van der Waals surface area contributed by atoms with Crippen LogP contribution in [-0.4, -0.2) is 73.4 Å². The molecule has 3 N–H and O–H groups in total. The number of phosphoric ester groups is 1. The van der Waals surface area contributed by atoms with E-state index in [1.165, 1.54) is 161 Å². The molecule has 0 aliphatic rings. The highest BCUT2D eigenvalue weighted by Crippen LogP contribution is 2.43. The van der Waals surface area contributed by atoms with Crippen molar-refractivity contribution in [2.24, 2.45) is 0 Å². The Hall–Kier alpha value is -1.02. The monoisotopic (exact) mass is 814 g/mol. The van der Waals surface area contributed by atoms with Crippen molar-refractivity contribution in [2.75, 3.05) is 40.9 Å². The van der Waals surface area contributed by atoms with Crippen LogP contribution in [0.3, 0.4) is 0 Å². The van der Waals surface area contributed by atoms with Crippen molar-refractivity contribution in [3.8, 4) is 0 Å². The number of quaternary nitrogens is 1. The first-order valence-electron chi connectivity index (χ1n) is 23.7. The summed E-state index contributed by atoms with van der Waals surface area (Å²) in [6, 6.07) is -0.858. The quantitative estimate of drug-likeness (QED) is 0.0245. The van der Waals surface area contributed by atoms with Crippen molar-refractivity contribution in [1.29, 1.82) is 0 Å². The predicted octanol–water partition coefficient (Wildman–Crippen LogP) is 13.3. The van der Waals surface area contributed by atoms with Crippen molar-refractivity contribution in [3.05, 3.63) is 24.3 Å². The second-order valence-electron chi connectivity index (χ2n) is 17.5. The lowest BCUT2D eigenvalue weighted by atomic mass is 10.0. The van der Waals surface area contributed by atoms with Gasteiger partial charge in [-0.3, -0.25) is 13.8 Å². The summed E-state index contributed by atoms with van der Waals surface area (Å²) in [5, 5.41) is 13.8. The summed E-state index contributed by atoms with van der Waals surface area (Å²) in [7, 11) is 1.56. The van der Waals surface area contributed by atoms with Gasteiger partial charge in [0.15, 0.2) is 0 Å². The lowest BCUT2D eigenvalue weighted by Gasteiger charge is -2.25. The topological polar surface area (TPSA) is 105 Å². The van der Waals surface area contributed by atoms with E-state index >= 15 is 0 Å². The Labute approximate surface area is 347 Å². The summed E-state index contributed by atoms with van der Waals surface area (Å²) in [6.45, 7) is 4.81. The summed E-state index contributed by atoms with van der Waals surface area (Å²) >= 11 is 0. The van der Waals surface area contributed by atoms with Crippen molar-refractivity contribution in [3.63, 3.8) is 0 Å². The Morgan fingerprint density at radius 2 is 0.982 bits per heavy atom. The van der Waals surface area contributed by atoms with Crippen LogP contribution in [0.25, 0.3) is 0 Å². The smallest absolute Gasteiger partial charge is 0.387 e. The molecule has 3 unspecified atom stereocenters. The van der Waals surface area contributed by atoms with Gasteiger partial charge in [0.05, 0.1) is 39.9 Å². The number of hydrogen-bond acceptors (Lipinski definition) is 5. The number of carbonyl (C=O) groups excluding carboxylic acids is 1. The number of rotatable bonds is 43. The third-order valence-electron chi connectivity index (χ3n) is 10.7. The third kappa shape index (κ3) is 41.2. The first kappa shape index (κ1) is 55.0. The number of phosphoric acid groups is 1. The van der Waals surface area contributed by atoms with Crippen molar-refractivity contribution in [2.45, 2.75) is 231 Å². The molecular weight excluding hydrogens is 719 g/mol. The molecule has 0 spiro atoms. The van der Waals surface area contributed by atoms with Gasteiger partial charge in [-0.1, -0.05) is 205 Å². The molecule has 0 aromatic rings. The first-order valence-corrected chi connectivity index (χ1v) is 25.2. The number of allylic oxidation sites excluding steroid dienone is 3. The maximum atomic E-state index is 12.9. The zero-order chi connectivity index (χ0) is 41.4. The Kier molecular flexibility index (Phi) is 38.7. The minimum absolute atomic E-state index is 0.0584. The molecule has 0 radical (unpaired) electrons. The maximum Gasteiger partial charge on any atom is 0.472 e. The van der Waals surface area contributed by atoms with Crippen molar-refractivity contribution >= 4 is 13.7 Å². The van der Waals surface area contributed by atoms with E-state index in [0.29, 0.717) is 17.4 Å². The number of hydrogen-bond donors (Lipinski definition) is 3. The van der Waals surface area contributed by atoms with E-state index in [1.807, 2.05) is 27.2 Å². The van der Waals surface area contributed by atoms with Crippen molar-refractivity contribution in [1.82, 2.24) is 5.32 Å². The largest absolute Gasteiger partial charge is 0.472 e. The number of nitrogens with one attached hydrogen (secondary N) is 1. The first-order chi connectivity index (χ1) is 27.0. The molecule has 8 nitrogen and oxygen atoms in total. The molecule has 0 fully saturated rings. The number of aliphatic hydroxyl groups is 1. The van der Waals surface area contributed by atoms with Crippen LogP contribution in [0.2, 0.25) is 0 Å². The van der Waals surface area contributed by atoms with Crippen LogP contribution in [0.1, 0.15) is 219 Å². The van der Waals surface area contributed by atoms with E-state index < -0.39 is 20.0 Å². The summed E-state index contributed by atoms with van der Waals surface area (Å²) in [5.41, 5.74) is 0. The molecule has 0 rings (SSSR count). The average molecular weight is 814 g/mol. The van der Waals surface area contributed by atoms with Gasteiger partial charge in [-0.05, 0) is 32.1 Å². The Morgan fingerprint density at radius 3 is 1.43 bits per heavy atom. The fraction of sp³-hybridized carbons (Fsp3) is 0.894. The summed E-state index contributed by atoms with van der Waals surface area (Å²) < 4.78 is 23.6. The van der Waals surface area contributed by atoms with E-state index in [2.05, 4.69) is 31.3 Å². The van der Waals surface area contributed by atoms with Gasteiger partial charge in [-0.2, -0.15) is 0 Å². The molecule has 332 valence electrons. The van der Waals surface area contributed by atoms with Crippen LogP contribution in [-0.2, 0) is 18.4 Å². The Bertz CT molecular complexity index is 969. The van der Waals surface area contributed by atoms with E-state index in [9.17, 15) is 19.4 Å². The number of carbonyl (C=O) groups is 1. The van der Waals surface area contributed by atoms with E-state index in [0.717, 1.165) is 38.5 Å². The standard InChI is InChI=1S/C47H93N2O6P/c1-6-8-10-12-14-16-18-20-22-24-26-28-30-32-34-36-38-40-46(50)45(44-55-56(52,53)54-43-42-49(3,4)5)48-47(51)41-39-37-35-33-31-29-27-25-23-21-19-17-15-13-11-9-7-2/h30,32,38,40,45-46,50H,6-29,31,33-37,39,41-44H2,1-5H3,(H-,48,51,52,53)/p+1/b32-30+,40-38+. The molecule has 0 aliphatic carbocycles. The third-order valence-corrected chi connectivity index (χ3v) is 11.7. The molecule has 0 aromatic carbocycles. The molecule has 0 bridgehead atoms. The van der Waals surface area contributed by atoms with E-state index in [1.54, 1.807) is 6.08 Å². The fourth-order valence-electron chi connectivity index (χ4n) is 6.88. The molecule has 9 heteroatoms. The van der Waals surface area contributed by atoms with E-state index in [-0.39, 0.29) is 19.1 Å². The second kappa shape index (κ2) is 39.4. The van der Waals surface area contributed by atoms with Crippen LogP contribution in [0.15, 0.2) is 24.3 Å². The highest BCUT2D eigenvalue weighted by Gasteiger charge is 2.27. The molecule has 0 aromatic heterocycles. The van der Waals surface area contributed by atoms with E-state index in [4.69, 9.17) is 9.05 Å². The van der Waals surface area contributed by atoms with Gasteiger partial charge in [0.2, 0.25) is 5.91 Å². The Morgan fingerprint density at radius 1 is 0.589 bits per heavy atom. The minimum atomic E-state index is -4.34. The lowest BCUT2D eigenvalue weighted by Crippen LogP contribution is -2.45. The fourth-order valence-corrected chi connectivity index (χ4v) is 7.62. The average Bonchev–Trinajstić information content (AvgIpc) is 3.15. The lowest BCUT2D eigenvalue weighted by molar-refractivity contribution is -0.870. The number of amides is 1. The van der Waals surface area contributed by atoms with Crippen LogP contribution in [0.5, 0.6) is 0 Å². The molecule has 0 saturated carbocycles. The van der Waals surface area contributed by atoms with Crippen LogP contribution in [0.4, 0.5) is 0 Å².